The predicted octanol–water partition coefficient (Wildman–Crippen LogP) is 5.59. The summed E-state index contributed by atoms with van der Waals surface area (Å²) in [5.41, 5.74) is 6.51. The van der Waals surface area contributed by atoms with Crippen molar-refractivity contribution < 1.29 is 9.59 Å². The lowest BCUT2D eigenvalue weighted by atomic mass is 9.96. The molecule has 5 rings (SSSR count). The molecule has 0 aliphatic carbocycles. The molecule has 5 heteroatoms. The number of carbonyl (C=O) groups excluding carboxylic acids is 2. The Labute approximate surface area is 199 Å². The number of primary amides is 1. The van der Waals surface area contributed by atoms with Gasteiger partial charge in [0.05, 0.1) is 6.04 Å². The molecule has 0 spiro atoms. The number of nitrogens with one attached hydrogen (secondary N) is 1. The van der Waals surface area contributed by atoms with Gasteiger partial charge >= 0.3 is 0 Å². The Morgan fingerprint density at radius 1 is 0.824 bits per heavy atom. The van der Waals surface area contributed by atoms with E-state index in [0.29, 0.717) is 19.3 Å². The Morgan fingerprint density at radius 3 is 2.26 bits per heavy atom. The minimum absolute atomic E-state index is 0.0356. The van der Waals surface area contributed by atoms with E-state index in [1.165, 1.54) is 22.6 Å². The van der Waals surface area contributed by atoms with Crippen molar-refractivity contribution in [2.45, 2.75) is 44.6 Å². The van der Waals surface area contributed by atoms with Crippen molar-refractivity contribution >= 4 is 49.8 Å². The third-order valence-electron chi connectivity index (χ3n) is 7.08. The highest BCUT2D eigenvalue weighted by Crippen LogP contribution is 2.36. The van der Waals surface area contributed by atoms with Gasteiger partial charge in [-0.25, -0.2) is 0 Å². The molecule has 0 bridgehead atoms. The van der Waals surface area contributed by atoms with Gasteiger partial charge in [-0.2, -0.15) is 0 Å². The van der Waals surface area contributed by atoms with Crippen LogP contribution in [-0.4, -0.2) is 35.8 Å². The zero-order valence-corrected chi connectivity index (χ0v) is 19.4. The average Bonchev–Trinajstić information content (AvgIpc) is 2.87. The zero-order chi connectivity index (χ0) is 23.5. The van der Waals surface area contributed by atoms with E-state index in [4.69, 9.17) is 5.73 Å². The first-order chi connectivity index (χ1) is 16.6. The SMILES string of the molecule is NC(=O)C(CCCC(=O)Nc1cc2c3ccccc3ccc2c2ccccc12)N1CCCCC1. The maximum atomic E-state index is 12.9. The number of hydrogen-bond acceptors (Lipinski definition) is 3. The van der Waals surface area contributed by atoms with Crippen LogP contribution in [0.15, 0.2) is 66.7 Å². The molecular weight excluding hydrogens is 422 g/mol. The number of hydrogen-bond donors (Lipinski definition) is 2. The second-order valence-corrected chi connectivity index (χ2v) is 9.31. The first kappa shape index (κ1) is 22.4. The van der Waals surface area contributed by atoms with Gasteiger partial charge in [-0.1, -0.05) is 67.1 Å². The second-order valence-electron chi connectivity index (χ2n) is 9.31. The molecule has 4 aromatic rings. The van der Waals surface area contributed by atoms with Gasteiger partial charge in [-0.05, 0) is 71.8 Å². The number of benzene rings is 4. The van der Waals surface area contributed by atoms with Crippen LogP contribution in [0.5, 0.6) is 0 Å². The van der Waals surface area contributed by atoms with Crippen molar-refractivity contribution in [1.29, 1.82) is 0 Å². The molecule has 0 radical (unpaired) electrons. The van der Waals surface area contributed by atoms with Gasteiger partial charge in [-0.3, -0.25) is 14.5 Å². The molecule has 2 amide bonds. The minimum Gasteiger partial charge on any atom is -0.368 e. The summed E-state index contributed by atoms with van der Waals surface area (Å²) in [6.45, 7) is 1.83. The van der Waals surface area contributed by atoms with Crippen LogP contribution in [-0.2, 0) is 9.59 Å². The van der Waals surface area contributed by atoms with Gasteiger partial charge in [-0.15, -0.1) is 0 Å². The van der Waals surface area contributed by atoms with Crippen LogP contribution in [0.1, 0.15) is 38.5 Å². The lowest BCUT2D eigenvalue weighted by Gasteiger charge is -2.32. The van der Waals surface area contributed by atoms with E-state index < -0.39 is 0 Å². The van der Waals surface area contributed by atoms with Crippen LogP contribution in [0.4, 0.5) is 5.69 Å². The van der Waals surface area contributed by atoms with Crippen LogP contribution in [0, 0.1) is 0 Å². The zero-order valence-electron chi connectivity index (χ0n) is 19.4. The number of anilines is 1. The Kier molecular flexibility index (Phi) is 6.45. The number of piperidine rings is 1. The van der Waals surface area contributed by atoms with E-state index in [2.05, 4.69) is 52.7 Å². The Morgan fingerprint density at radius 2 is 1.50 bits per heavy atom. The fourth-order valence-corrected chi connectivity index (χ4v) is 5.37. The van der Waals surface area contributed by atoms with Crippen LogP contribution >= 0.6 is 0 Å². The molecule has 5 nitrogen and oxygen atoms in total. The third-order valence-corrected chi connectivity index (χ3v) is 7.08. The topological polar surface area (TPSA) is 75.4 Å². The first-order valence-electron chi connectivity index (χ1n) is 12.3. The maximum absolute atomic E-state index is 12.9. The van der Waals surface area contributed by atoms with Crippen molar-refractivity contribution in [3.8, 4) is 0 Å². The largest absolute Gasteiger partial charge is 0.368 e. The summed E-state index contributed by atoms with van der Waals surface area (Å²) in [5.74, 6) is -0.318. The number of likely N-dealkylation sites (tertiary alicyclic amines) is 1. The summed E-state index contributed by atoms with van der Waals surface area (Å²) in [7, 11) is 0. The molecule has 34 heavy (non-hydrogen) atoms. The maximum Gasteiger partial charge on any atom is 0.234 e. The van der Waals surface area contributed by atoms with E-state index >= 15 is 0 Å². The highest BCUT2D eigenvalue weighted by molar-refractivity contribution is 6.21. The van der Waals surface area contributed by atoms with Crippen LogP contribution in [0.25, 0.3) is 32.3 Å². The summed E-state index contributed by atoms with van der Waals surface area (Å²) in [6, 6.07) is 22.7. The fraction of sp³-hybridized carbons (Fsp3) is 0.310. The smallest absolute Gasteiger partial charge is 0.234 e. The first-order valence-corrected chi connectivity index (χ1v) is 12.3. The van der Waals surface area contributed by atoms with Crippen molar-refractivity contribution in [2.24, 2.45) is 5.73 Å². The molecule has 174 valence electrons. The number of rotatable bonds is 7. The molecule has 1 aliphatic rings. The summed E-state index contributed by atoms with van der Waals surface area (Å²) in [4.78, 5) is 27.2. The molecule has 4 aromatic carbocycles. The minimum atomic E-state index is -0.283. The Hall–Kier alpha value is -3.44. The molecule has 1 atom stereocenters. The molecule has 0 saturated carbocycles. The molecule has 1 aliphatic heterocycles. The third kappa shape index (κ3) is 4.48. The highest BCUT2D eigenvalue weighted by atomic mass is 16.2. The molecule has 1 heterocycles. The van der Waals surface area contributed by atoms with E-state index in [-0.39, 0.29) is 17.9 Å². The molecular formula is C29H31N3O2. The lowest BCUT2D eigenvalue weighted by molar-refractivity contribution is -0.124. The van der Waals surface area contributed by atoms with Crippen LogP contribution in [0.3, 0.4) is 0 Å². The van der Waals surface area contributed by atoms with E-state index in [0.717, 1.165) is 47.8 Å². The summed E-state index contributed by atoms with van der Waals surface area (Å²) in [6.07, 6.45) is 5.02. The number of fused-ring (bicyclic) bond motifs is 5. The van der Waals surface area contributed by atoms with E-state index in [9.17, 15) is 9.59 Å². The van der Waals surface area contributed by atoms with Crippen molar-refractivity contribution in [3.05, 3.63) is 66.7 Å². The fourth-order valence-electron chi connectivity index (χ4n) is 5.37. The molecule has 1 fully saturated rings. The summed E-state index contributed by atoms with van der Waals surface area (Å²) >= 11 is 0. The van der Waals surface area contributed by atoms with Crippen molar-refractivity contribution in [2.75, 3.05) is 18.4 Å². The average molecular weight is 454 g/mol. The number of nitrogens with zero attached hydrogens (tertiary/aromatic N) is 1. The Bertz CT molecular complexity index is 1360. The monoisotopic (exact) mass is 453 g/mol. The van der Waals surface area contributed by atoms with Gasteiger partial charge in [0, 0.05) is 17.5 Å². The molecule has 0 aromatic heterocycles. The summed E-state index contributed by atoms with van der Waals surface area (Å²) in [5, 5.41) is 9.97. The predicted molar refractivity (Wildman–Crippen MR) is 140 cm³/mol. The van der Waals surface area contributed by atoms with Gasteiger partial charge in [0.2, 0.25) is 11.8 Å². The number of carbonyl (C=O) groups is 2. The normalized spacial score (nSPS) is 15.5. The Balaban J connectivity index is 1.37. The van der Waals surface area contributed by atoms with Gasteiger partial charge < -0.3 is 11.1 Å². The van der Waals surface area contributed by atoms with Crippen LogP contribution < -0.4 is 11.1 Å². The molecule has 3 N–H and O–H groups in total. The van der Waals surface area contributed by atoms with Crippen molar-refractivity contribution in [3.63, 3.8) is 0 Å². The van der Waals surface area contributed by atoms with E-state index in [1.54, 1.807) is 0 Å². The second kappa shape index (κ2) is 9.82. The lowest BCUT2D eigenvalue weighted by Crippen LogP contribution is -2.47. The van der Waals surface area contributed by atoms with E-state index in [1.807, 2.05) is 24.3 Å². The highest BCUT2D eigenvalue weighted by Gasteiger charge is 2.25. The van der Waals surface area contributed by atoms with Gasteiger partial charge in [0.15, 0.2) is 0 Å². The summed E-state index contributed by atoms with van der Waals surface area (Å²) < 4.78 is 0. The number of nitrogens with two attached hydrogens (primary N) is 1. The standard InChI is InChI=1S/C29H31N3O2/c30-29(34)27(32-17-6-1-7-18-32)13-8-14-28(33)31-26-19-25-21-10-3-2-9-20(21)15-16-23(25)22-11-4-5-12-24(22)26/h2-5,9-12,15-16,19,27H,1,6-8,13-14,17-18H2,(H2,30,34)(H,31,33). The molecule has 1 unspecified atom stereocenters. The van der Waals surface area contributed by atoms with Crippen molar-refractivity contribution in [1.82, 2.24) is 4.90 Å². The van der Waals surface area contributed by atoms with Gasteiger partial charge in [0.25, 0.3) is 0 Å². The quantitative estimate of drug-likeness (QED) is 0.358. The number of amides is 2. The van der Waals surface area contributed by atoms with Gasteiger partial charge in [0.1, 0.15) is 0 Å². The molecule has 1 saturated heterocycles. The van der Waals surface area contributed by atoms with Crippen LogP contribution in [0.2, 0.25) is 0 Å².